The lowest BCUT2D eigenvalue weighted by Crippen LogP contribution is -2.33. The van der Waals surface area contributed by atoms with E-state index in [0.29, 0.717) is 6.04 Å². The minimum Gasteiger partial charge on any atom is -0.381 e. The van der Waals surface area contributed by atoms with Gasteiger partial charge in [0.1, 0.15) is 0 Å². The number of anilines is 2. The summed E-state index contributed by atoms with van der Waals surface area (Å²) in [6.45, 7) is 5.57. The van der Waals surface area contributed by atoms with Crippen LogP contribution >= 0.6 is 0 Å². The molecule has 1 aromatic carbocycles. The van der Waals surface area contributed by atoms with Crippen molar-refractivity contribution in [1.29, 1.82) is 0 Å². The molecule has 0 radical (unpaired) electrons. The van der Waals surface area contributed by atoms with Crippen LogP contribution in [0.2, 0.25) is 0 Å². The van der Waals surface area contributed by atoms with Gasteiger partial charge in [-0.15, -0.1) is 0 Å². The molecule has 1 aliphatic heterocycles. The van der Waals surface area contributed by atoms with Crippen LogP contribution in [-0.2, 0) is 0 Å². The van der Waals surface area contributed by atoms with Gasteiger partial charge in [0, 0.05) is 12.6 Å². The molecule has 0 saturated heterocycles. The van der Waals surface area contributed by atoms with Gasteiger partial charge >= 0.3 is 0 Å². The largest absolute Gasteiger partial charge is 0.381 e. The Hall–Kier alpha value is -1.18. The summed E-state index contributed by atoms with van der Waals surface area (Å²) in [6, 6.07) is 8.97. The quantitative estimate of drug-likeness (QED) is 0.749. The number of hydrogen-bond acceptors (Lipinski definition) is 2. The molecule has 2 rings (SSSR count). The van der Waals surface area contributed by atoms with E-state index in [0.717, 1.165) is 12.5 Å². The number of nitrogens with one attached hydrogen (secondary N) is 2. The fourth-order valence-electron chi connectivity index (χ4n) is 1.98. The van der Waals surface area contributed by atoms with Crippen molar-refractivity contribution in [3.8, 4) is 0 Å². The Labute approximate surface area is 85.7 Å². The Morgan fingerprint density at radius 3 is 2.71 bits per heavy atom. The highest BCUT2D eigenvalue weighted by Gasteiger charge is 2.16. The van der Waals surface area contributed by atoms with E-state index >= 15 is 0 Å². The molecule has 0 spiro atoms. The van der Waals surface area contributed by atoms with Crippen molar-refractivity contribution in [1.82, 2.24) is 0 Å². The maximum atomic E-state index is 3.57. The van der Waals surface area contributed by atoms with Crippen LogP contribution < -0.4 is 10.6 Å². The Bertz CT molecular complexity index is 307. The molecule has 2 nitrogen and oxygen atoms in total. The van der Waals surface area contributed by atoms with Crippen molar-refractivity contribution in [2.24, 2.45) is 5.92 Å². The van der Waals surface area contributed by atoms with Crippen LogP contribution in [0, 0.1) is 5.92 Å². The zero-order valence-corrected chi connectivity index (χ0v) is 8.88. The number of hydrogen-bond donors (Lipinski definition) is 2. The molecule has 0 unspecified atom stereocenters. The summed E-state index contributed by atoms with van der Waals surface area (Å²) in [6.07, 6.45) is 1.22. The van der Waals surface area contributed by atoms with Crippen molar-refractivity contribution < 1.29 is 0 Å². The van der Waals surface area contributed by atoms with E-state index in [1.165, 1.54) is 17.8 Å². The van der Waals surface area contributed by atoms with Gasteiger partial charge in [-0.1, -0.05) is 26.0 Å². The lowest BCUT2D eigenvalue weighted by atomic mass is 10.0. The summed E-state index contributed by atoms with van der Waals surface area (Å²) < 4.78 is 0. The Kier molecular flexibility index (Phi) is 2.62. The average molecular weight is 190 g/mol. The molecule has 0 amide bonds. The summed E-state index contributed by atoms with van der Waals surface area (Å²) in [7, 11) is 0. The maximum absolute atomic E-state index is 3.57. The van der Waals surface area contributed by atoms with Gasteiger partial charge in [-0.25, -0.2) is 0 Å². The van der Waals surface area contributed by atoms with Crippen LogP contribution in [-0.4, -0.2) is 12.6 Å². The molecule has 0 bridgehead atoms. The van der Waals surface area contributed by atoms with Gasteiger partial charge in [-0.2, -0.15) is 0 Å². The summed E-state index contributed by atoms with van der Waals surface area (Å²) >= 11 is 0. The number of fused-ring (bicyclic) bond motifs is 1. The van der Waals surface area contributed by atoms with Crippen LogP contribution in [0.3, 0.4) is 0 Å². The zero-order chi connectivity index (χ0) is 9.97. The third-order valence-electron chi connectivity index (χ3n) is 2.58. The number of benzene rings is 1. The molecule has 2 heteroatoms. The van der Waals surface area contributed by atoms with Crippen molar-refractivity contribution in [3.63, 3.8) is 0 Å². The molecule has 0 saturated carbocycles. The lowest BCUT2D eigenvalue weighted by molar-refractivity contribution is 0.525. The minimum atomic E-state index is 0.574. The highest BCUT2D eigenvalue weighted by molar-refractivity contribution is 5.70. The standard InChI is InChI=1S/C12H18N2/c1-9(2)7-10-8-13-11-5-3-4-6-12(11)14-10/h3-6,9-10,13-14H,7-8H2,1-2H3/t10-/m0/s1. The highest BCUT2D eigenvalue weighted by atomic mass is 15.1. The first-order valence-corrected chi connectivity index (χ1v) is 5.35. The normalized spacial score (nSPS) is 19.8. The van der Waals surface area contributed by atoms with Crippen LogP contribution in [0.25, 0.3) is 0 Å². The van der Waals surface area contributed by atoms with Crippen molar-refractivity contribution in [3.05, 3.63) is 24.3 Å². The van der Waals surface area contributed by atoms with E-state index in [9.17, 15) is 0 Å². The summed E-state index contributed by atoms with van der Waals surface area (Å²) in [5, 5.41) is 7.02. The van der Waals surface area contributed by atoms with Crippen LogP contribution in [0.15, 0.2) is 24.3 Å². The zero-order valence-electron chi connectivity index (χ0n) is 8.88. The second-order valence-corrected chi connectivity index (χ2v) is 4.40. The van der Waals surface area contributed by atoms with Gasteiger partial charge in [0.2, 0.25) is 0 Å². The van der Waals surface area contributed by atoms with Crippen LogP contribution in [0.1, 0.15) is 20.3 Å². The molecule has 0 aromatic heterocycles. The van der Waals surface area contributed by atoms with Gasteiger partial charge in [-0.05, 0) is 24.5 Å². The molecule has 14 heavy (non-hydrogen) atoms. The fourth-order valence-corrected chi connectivity index (χ4v) is 1.98. The van der Waals surface area contributed by atoms with E-state index in [1.54, 1.807) is 0 Å². The number of para-hydroxylation sites is 2. The summed E-state index contributed by atoms with van der Waals surface area (Å²) in [4.78, 5) is 0. The predicted octanol–water partition coefficient (Wildman–Crippen LogP) is 2.94. The summed E-state index contributed by atoms with van der Waals surface area (Å²) in [5.74, 6) is 0.750. The Morgan fingerprint density at radius 2 is 2.00 bits per heavy atom. The van der Waals surface area contributed by atoms with Gasteiger partial charge in [0.05, 0.1) is 11.4 Å². The molecule has 1 atom stereocenters. The van der Waals surface area contributed by atoms with Gasteiger partial charge in [0.25, 0.3) is 0 Å². The SMILES string of the molecule is CC(C)C[C@H]1CNc2ccccc2N1. The smallest absolute Gasteiger partial charge is 0.0578 e. The summed E-state index contributed by atoms with van der Waals surface area (Å²) in [5.41, 5.74) is 2.47. The van der Waals surface area contributed by atoms with Crippen LogP contribution in [0.5, 0.6) is 0 Å². The van der Waals surface area contributed by atoms with Gasteiger partial charge in [-0.3, -0.25) is 0 Å². The van der Waals surface area contributed by atoms with E-state index in [-0.39, 0.29) is 0 Å². The Morgan fingerprint density at radius 1 is 1.29 bits per heavy atom. The fraction of sp³-hybridized carbons (Fsp3) is 0.500. The van der Waals surface area contributed by atoms with Crippen molar-refractivity contribution in [2.45, 2.75) is 26.3 Å². The maximum Gasteiger partial charge on any atom is 0.0578 e. The topological polar surface area (TPSA) is 24.1 Å². The lowest BCUT2D eigenvalue weighted by Gasteiger charge is -2.29. The molecule has 1 heterocycles. The monoisotopic (exact) mass is 190 g/mol. The third-order valence-corrected chi connectivity index (χ3v) is 2.58. The molecular formula is C12H18N2. The van der Waals surface area contributed by atoms with E-state index < -0.39 is 0 Å². The van der Waals surface area contributed by atoms with Gasteiger partial charge < -0.3 is 10.6 Å². The molecule has 1 aliphatic rings. The molecule has 2 N–H and O–H groups in total. The average Bonchev–Trinajstić information content (AvgIpc) is 2.17. The third kappa shape index (κ3) is 2.00. The first-order valence-electron chi connectivity index (χ1n) is 5.35. The Balaban J connectivity index is 2.06. The van der Waals surface area contributed by atoms with Crippen molar-refractivity contribution >= 4 is 11.4 Å². The molecule has 1 aromatic rings. The van der Waals surface area contributed by atoms with E-state index in [4.69, 9.17) is 0 Å². The van der Waals surface area contributed by atoms with Crippen LogP contribution in [0.4, 0.5) is 11.4 Å². The predicted molar refractivity (Wildman–Crippen MR) is 61.8 cm³/mol. The first kappa shape index (κ1) is 9.38. The first-order chi connectivity index (χ1) is 6.75. The van der Waals surface area contributed by atoms with E-state index in [1.807, 2.05) is 0 Å². The van der Waals surface area contributed by atoms with Crippen molar-refractivity contribution in [2.75, 3.05) is 17.2 Å². The highest BCUT2D eigenvalue weighted by Crippen LogP contribution is 2.26. The molecular weight excluding hydrogens is 172 g/mol. The minimum absolute atomic E-state index is 0.574. The molecule has 76 valence electrons. The second kappa shape index (κ2) is 3.91. The molecule has 0 fully saturated rings. The van der Waals surface area contributed by atoms with E-state index in [2.05, 4.69) is 48.7 Å². The number of rotatable bonds is 2. The molecule has 0 aliphatic carbocycles. The second-order valence-electron chi connectivity index (χ2n) is 4.40. The van der Waals surface area contributed by atoms with Gasteiger partial charge in [0.15, 0.2) is 0 Å².